The van der Waals surface area contributed by atoms with Crippen molar-refractivity contribution in [2.75, 3.05) is 13.1 Å². The molecule has 1 saturated heterocycles. The van der Waals surface area contributed by atoms with Gasteiger partial charge in [0.25, 0.3) is 5.91 Å². The van der Waals surface area contributed by atoms with E-state index in [0.717, 1.165) is 37.8 Å². The molecule has 0 bridgehead atoms. The van der Waals surface area contributed by atoms with E-state index in [2.05, 4.69) is 23.9 Å². The Balaban J connectivity index is 1.69. The lowest BCUT2D eigenvalue weighted by Gasteiger charge is -2.19. The number of hydrazine groups is 1. The molecule has 25 heavy (non-hydrogen) atoms. The first-order chi connectivity index (χ1) is 12.0. The van der Waals surface area contributed by atoms with Crippen molar-refractivity contribution in [1.29, 1.82) is 0 Å². The smallest absolute Gasteiger partial charge is 0.269 e. The topological polar surface area (TPSA) is 78.5 Å². The van der Waals surface area contributed by atoms with Crippen molar-refractivity contribution in [1.82, 2.24) is 15.2 Å². The molecule has 1 aliphatic heterocycles. The van der Waals surface area contributed by atoms with Gasteiger partial charge in [0, 0.05) is 24.4 Å². The quantitative estimate of drug-likeness (QED) is 0.788. The van der Waals surface area contributed by atoms with Crippen LogP contribution in [-0.4, -0.2) is 31.7 Å². The summed E-state index contributed by atoms with van der Waals surface area (Å²) in [6.45, 7) is 3.24. The minimum Gasteiger partial charge on any atom is -0.303 e. The maximum Gasteiger partial charge on any atom is 0.269 e. The molecule has 1 fully saturated rings. The number of carbonyl (C=O) groups excluding carboxylic acids is 1. The Hall–Kier alpha value is -1.86. The van der Waals surface area contributed by atoms with Gasteiger partial charge in [0.1, 0.15) is 0 Å². The first-order valence-electron chi connectivity index (χ1n) is 8.84. The highest BCUT2D eigenvalue weighted by Gasteiger charge is 2.27. The van der Waals surface area contributed by atoms with Gasteiger partial charge in [-0.3, -0.25) is 10.2 Å². The molecule has 0 saturated carbocycles. The van der Waals surface area contributed by atoms with Crippen LogP contribution in [0.3, 0.4) is 0 Å². The SMILES string of the molecule is C[C@@H]1C=C(NNC(=O)c2cccc(S(=O)(=O)N3CCCC3)c2)CCC1. The highest BCUT2D eigenvalue weighted by atomic mass is 32.2. The Bertz CT molecular complexity index is 768. The molecular weight excluding hydrogens is 338 g/mol. The number of benzene rings is 1. The summed E-state index contributed by atoms with van der Waals surface area (Å²) in [5, 5.41) is 0. The molecule has 2 N–H and O–H groups in total. The first-order valence-corrected chi connectivity index (χ1v) is 10.3. The highest BCUT2D eigenvalue weighted by molar-refractivity contribution is 7.89. The Labute approximate surface area is 149 Å². The van der Waals surface area contributed by atoms with E-state index in [-0.39, 0.29) is 10.8 Å². The molecule has 1 atom stereocenters. The molecule has 2 aliphatic rings. The Morgan fingerprint density at radius 2 is 1.96 bits per heavy atom. The average molecular weight is 363 g/mol. The van der Waals surface area contributed by atoms with Crippen molar-refractivity contribution in [3.63, 3.8) is 0 Å². The van der Waals surface area contributed by atoms with E-state index in [0.29, 0.717) is 24.6 Å². The number of hydrogen-bond donors (Lipinski definition) is 2. The summed E-state index contributed by atoms with van der Waals surface area (Å²) >= 11 is 0. The Morgan fingerprint density at radius 1 is 1.20 bits per heavy atom. The predicted octanol–water partition coefficient (Wildman–Crippen LogP) is 2.41. The second-order valence-corrected chi connectivity index (χ2v) is 8.72. The molecule has 0 unspecified atom stereocenters. The summed E-state index contributed by atoms with van der Waals surface area (Å²) in [6.07, 6.45) is 7.06. The van der Waals surface area contributed by atoms with Crippen molar-refractivity contribution in [2.24, 2.45) is 5.92 Å². The molecule has 1 aromatic carbocycles. The molecule has 1 aromatic rings. The maximum atomic E-state index is 12.6. The molecule has 7 heteroatoms. The number of sulfonamides is 1. The van der Waals surface area contributed by atoms with Gasteiger partial charge in [0.15, 0.2) is 0 Å². The van der Waals surface area contributed by atoms with Gasteiger partial charge in [0.05, 0.1) is 4.90 Å². The van der Waals surface area contributed by atoms with Crippen molar-refractivity contribution < 1.29 is 13.2 Å². The van der Waals surface area contributed by atoms with Crippen LogP contribution < -0.4 is 10.9 Å². The zero-order chi connectivity index (χ0) is 17.9. The van der Waals surface area contributed by atoms with Gasteiger partial charge in [-0.2, -0.15) is 4.31 Å². The van der Waals surface area contributed by atoms with Gasteiger partial charge in [-0.15, -0.1) is 0 Å². The fourth-order valence-electron chi connectivity index (χ4n) is 3.31. The minimum absolute atomic E-state index is 0.174. The average Bonchev–Trinajstić information content (AvgIpc) is 3.15. The molecule has 1 aliphatic carbocycles. The molecule has 1 amide bonds. The molecule has 0 radical (unpaired) electrons. The zero-order valence-electron chi connectivity index (χ0n) is 14.5. The number of amides is 1. The normalized spacial score (nSPS) is 21.6. The molecule has 6 nitrogen and oxygen atoms in total. The molecule has 1 heterocycles. The van der Waals surface area contributed by atoms with Crippen molar-refractivity contribution in [2.45, 2.75) is 43.9 Å². The third kappa shape index (κ3) is 4.22. The van der Waals surface area contributed by atoms with E-state index in [1.54, 1.807) is 18.2 Å². The van der Waals surface area contributed by atoms with E-state index in [1.807, 2.05) is 0 Å². The fraction of sp³-hybridized carbons (Fsp3) is 0.500. The van der Waals surface area contributed by atoms with Crippen LogP contribution in [0.5, 0.6) is 0 Å². The summed E-state index contributed by atoms with van der Waals surface area (Å²) in [6, 6.07) is 6.23. The third-order valence-corrected chi connectivity index (χ3v) is 6.62. The lowest BCUT2D eigenvalue weighted by atomic mass is 9.96. The predicted molar refractivity (Wildman–Crippen MR) is 96.1 cm³/mol. The van der Waals surface area contributed by atoms with Crippen LogP contribution in [0, 0.1) is 5.92 Å². The minimum atomic E-state index is -3.52. The third-order valence-electron chi connectivity index (χ3n) is 4.73. The number of allylic oxidation sites excluding steroid dienone is 2. The number of nitrogens with one attached hydrogen (secondary N) is 2. The van der Waals surface area contributed by atoms with Gasteiger partial charge in [-0.25, -0.2) is 8.42 Å². The second-order valence-electron chi connectivity index (χ2n) is 6.78. The Kier molecular flexibility index (Phi) is 5.44. The molecule has 0 aromatic heterocycles. The number of hydrogen-bond acceptors (Lipinski definition) is 4. The molecular formula is C18H25N3O3S. The highest BCUT2D eigenvalue weighted by Crippen LogP contribution is 2.22. The van der Waals surface area contributed by atoms with Crippen LogP contribution in [-0.2, 0) is 10.0 Å². The van der Waals surface area contributed by atoms with Crippen molar-refractivity contribution in [3.8, 4) is 0 Å². The lowest BCUT2D eigenvalue weighted by molar-refractivity contribution is 0.0937. The Morgan fingerprint density at radius 3 is 2.68 bits per heavy atom. The van der Waals surface area contributed by atoms with Crippen LogP contribution in [0.1, 0.15) is 49.4 Å². The summed E-state index contributed by atoms with van der Waals surface area (Å²) in [5.74, 6) is 0.166. The van der Waals surface area contributed by atoms with E-state index in [9.17, 15) is 13.2 Å². The van der Waals surface area contributed by atoms with E-state index >= 15 is 0 Å². The number of carbonyl (C=O) groups is 1. The van der Waals surface area contributed by atoms with Gasteiger partial charge in [-0.1, -0.05) is 19.1 Å². The van der Waals surface area contributed by atoms with Gasteiger partial charge in [-0.05, 0) is 56.2 Å². The van der Waals surface area contributed by atoms with E-state index in [1.165, 1.54) is 10.4 Å². The standard InChI is InChI=1S/C18H25N3O3S/c1-14-6-4-8-16(12-14)19-20-18(22)15-7-5-9-17(13-15)25(23,24)21-10-2-3-11-21/h5,7,9,12-14,19H,2-4,6,8,10-11H2,1H3,(H,20,22)/t14-/m0/s1. The van der Waals surface area contributed by atoms with Crippen LogP contribution >= 0.6 is 0 Å². The van der Waals surface area contributed by atoms with Gasteiger partial charge >= 0.3 is 0 Å². The largest absolute Gasteiger partial charge is 0.303 e. The fourth-order valence-corrected chi connectivity index (χ4v) is 4.88. The van der Waals surface area contributed by atoms with Gasteiger partial charge in [0.2, 0.25) is 10.0 Å². The summed E-state index contributed by atoms with van der Waals surface area (Å²) < 4.78 is 26.7. The first kappa shape index (κ1) is 17.9. The molecule has 0 spiro atoms. The van der Waals surface area contributed by atoms with Crippen molar-refractivity contribution in [3.05, 3.63) is 41.6 Å². The molecule has 3 rings (SSSR count). The van der Waals surface area contributed by atoms with E-state index < -0.39 is 10.0 Å². The van der Waals surface area contributed by atoms with Crippen LogP contribution in [0.2, 0.25) is 0 Å². The zero-order valence-corrected chi connectivity index (χ0v) is 15.3. The summed E-state index contributed by atoms with van der Waals surface area (Å²) in [7, 11) is -3.52. The van der Waals surface area contributed by atoms with Crippen LogP contribution in [0.15, 0.2) is 40.9 Å². The number of nitrogens with zero attached hydrogens (tertiary/aromatic N) is 1. The monoisotopic (exact) mass is 363 g/mol. The van der Waals surface area contributed by atoms with Gasteiger partial charge < -0.3 is 5.43 Å². The number of rotatable bonds is 5. The van der Waals surface area contributed by atoms with Crippen molar-refractivity contribution >= 4 is 15.9 Å². The van der Waals surface area contributed by atoms with E-state index in [4.69, 9.17) is 0 Å². The summed E-state index contributed by atoms with van der Waals surface area (Å²) in [5.41, 5.74) is 6.98. The lowest BCUT2D eigenvalue weighted by Crippen LogP contribution is -2.37. The maximum absolute atomic E-state index is 12.6. The molecule has 136 valence electrons. The van der Waals surface area contributed by atoms with Crippen LogP contribution in [0.4, 0.5) is 0 Å². The summed E-state index contributed by atoms with van der Waals surface area (Å²) in [4.78, 5) is 12.5. The van der Waals surface area contributed by atoms with Crippen LogP contribution in [0.25, 0.3) is 0 Å². The second kappa shape index (κ2) is 7.58.